The van der Waals surface area contributed by atoms with Crippen molar-refractivity contribution in [1.82, 2.24) is 19.9 Å². The highest BCUT2D eigenvalue weighted by atomic mass is 19.4. The van der Waals surface area contributed by atoms with Crippen LogP contribution in [-0.2, 0) is 16.6 Å². The van der Waals surface area contributed by atoms with Crippen LogP contribution in [0.25, 0.3) is 11.1 Å². The maximum atomic E-state index is 13.3. The predicted octanol–water partition coefficient (Wildman–Crippen LogP) is 6.09. The van der Waals surface area contributed by atoms with Gasteiger partial charge in [-0.2, -0.15) is 13.2 Å². The van der Waals surface area contributed by atoms with E-state index in [9.17, 15) is 23.1 Å². The van der Waals surface area contributed by atoms with Gasteiger partial charge in [0.15, 0.2) is 0 Å². The summed E-state index contributed by atoms with van der Waals surface area (Å²) in [7, 11) is 0. The Kier molecular flexibility index (Phi) is 8.40. The fourth-order valence-corrected chi connectivity index (χ4v) is 7.10. The summed E-state index contributed by atoms with van der Waals surface area (Å²) in [6.07, 6.45) is 8.71. The molecule has 43 heavy (non-hydrogen) atoms. The third-order valence-corrected chi connectivity index (χ3v) is 9.67. The molecular formula is C33H38F3N5O2. The van der Waals surface area contributed by atoms with E-state index in [0.717, 1.165) is 67.7 Å². The first kappa shape index (κ1) is 29.5. The molecule has 228 valence electrons. The normalized spacial score (nSPS) is 25.2. The molecule has 6 rings (SSSR count). The molecule has 1 N–H and O–H groups in total. The summed E-state index contributed by atoms with van der Waals surface area (Å²) < 4.78 is 39.3. The second-order valence-electron chi connectivity index (χ2n) is 12.5. The number of likely N-dealkylation sites (tertiary alicyclic amines) is 1. The molecule has 0 unspecified atom stereocenters. The van der Waals surface area contributed by atoms with Gasteiger partial charge in [-0.05, 0) is 87.5 Å². The van der Waals surface area contributed by atoms with Crippen molar-refractivity contribution in [2.45, 2.75) is 63.1 Å². The number of aliphatic hydroxyl groups is 1. The van der Waals surface area contributed by atoms with Crippen LogP contribution in [0.3, 0.4) is 0 Å². The van der Waals surface area contributed by atoms with Gasteiger partial charge < -0.3 is 14.9 Å². The Morgan fingerprint density at radius 2 is 1.67 bits per heavy atom. The molecule has 3 aromatic heterocycles. The number of aromatic nitrogens is 3. The summed E-state index contributed by atoms with van der Waals surface area (Å²) in [6.45, 7) is 2.58. The minimum atomic E-state index is -4.40. The Morgan fingerprint density at radius 1 is 0.907 bits per heavy atom. The second kappa shape index (κ2) is 12.2. The predicted molar refractivity (Wildman–Crippen MR) is 157 cm³/mol. The van der Waals surface area contributed by atoms with E-state index in [-0.39, 0.29) is 11.8 Å². The first-order valence-electron chi connectivity index (χ1n) is 15.3. The van der Waals surface area contributed by atoms with Crippen LogP contribution in [0.1, 0.15) is 62.6 Å². The maximum Gasteiger partial charge on any atom is 0.416 e. The highest BCUT2D eigenvalue weighted by Gasteiger charge is 2.39. The molecule has 3 aromatic rings. The molecule has 0 aromatic carbocycles. The van der Waals surface area contributed by atoms with E-state index in [2.05, 4.69) is 15.0 Å². The van der Waals surface area contributed by atoms with E-state index in [1.807, 2.05) is 40.3 Å². The molecule has 1 amide bonds. The molecule has 1 atom stereocenters. The van der Waals surface area contributed by atoms with Gasteiger partial charge in [0, 0.05) is 68.0 Å². The Morgan fingerprint density at radius 3 is 2.35 bits per heavy atom. The van der Waals surface area contributed by atoms with Crippen molar-refractivity contribution < 1.29 is 23.1 Å². The Labute approximate surface area is 250 Å². The molecule has 7 nitrogen and oxygen atoms in total. The van der Waals surface area contributed by atoms with E-state index in [1.54, 1.807) is 12.4 Å². The number of hydrogen-bond donors (Lipinski definition) is 1. The molecule has 5 heterocycles. The number of amides is 1. The lowest BCUT2D eigenvalue weighted by Crippen LogP contribution is -2.42. The van der Waals surface area contributed by atoms with E-state index < -0.39 is 17.3 Å². The topological polar surface area (TPSA) is 82.5 Å². The Balaban J connectivity index is 0.955. The largest absolute Gasteiger partial charge is 0.416 e. The van der Waals surface area contributed by atoms with Crippen LogP contribution in [0, 0.1) is 17.8 Å². The van der Waals surface area contributed by atoms with Gasteiger partial charge in [-0.15, -0.1) is 0 Å². The molecule has 3 aliphatic rings. The zero-order valence-corrected chi connectivity index (χ0v) is 24.2. The second-order valence-corrected chi connectivity index (χ2v) is 12.5. The standard InChI is InChI=1S/C33H38F3N5O2/c34-33(35,36)28-7-14-38-30(19-28)40-16-9-25(10-17-40)31(42)41-15-8-24(22-41)18-23-5-11-32(43,12-6-23)29-4-3-27(21-39-29)26-2-1-13-37-20-26/h1-4,7,13-14,19-21,23-25,43H,5-6,8-12,15-18,22H2/t23?,24-,32?/m1/s1. The van der Waals surface area contributed by atoms with E-state index in [4.69, 9.17) is 0 Å². The van der Waals surface area contributed by atoms with Gasteiger partial charge in [-0.1, -0.05) is 12.1 Å². The molecule has 1 aliphatic carbocycles. The summed E-state index contributed by atoms with van der Waals surface area (Å²) in [4.78, 5) is 30.1. The van der Waals surface area contributed by atoms with Gasteiger partial charge in [-0.25, -0.2) is 4.98 Å². The minimum Gasteiger partial charge on any atom is -0.384 e. The van der Waals surface area contributed by atoms with Gasteiger partial charge in [0.2, 0.25) is 5.91 Å². The molecule has 2 aliphatic heterocycles. The first-order valence-corrected chi connectivity index (χ1v) is 15.3. The number of halogens is 3. The smallest absolute Gasteiger partial charge is 0.384 e. The van der Waals surface area contributed by atoms with Crippen LogP contribution in [0.2, 0.25) is 0 Å². The summed E-state index contributed by atoms with van der Waals surface area (Å²) in [5.41, 5.74) is 1.10. The molecule has 0 spiro atoms. The quantitative estimate of drug-likeness (QED) is 0.373. The molecular weight excluding hydrogens is 555 g/mol. The fourth-order valence-electron chi connectivity index (χ4n) is 7.10. The maximum absolute atomic E-state index is 13.3. The van der Waals surface area contributed by atoms with Crippen molar-refractivity contribution in [3.63, 3.8) is 0 Å². The molecule has 0 bridgehead atoms. The average Bonchev–Trinajstić information content (AvgIpc) is 3.51. The SMILES string of the molecule is O=C(C1CCN(c2cc(C(F)(F)F)ccn2)CC1)N1CC[C@H](CC2CCC(O)(c3ccc(-c4cccnc4)cn3)CC2)C1. The highest BCUT2D eigenvalue weighted by molar-refractivity contribution is 5.79. The Hall–Kier alpha value is -3.53. The van der Waals surface area contributed by atoms with Crippen LogP contribution < -0.4 is 4.90 Å². The fraction of sp³-hybridized carbons (Fsp3) is 0.515. The van der Waals surface area contributed by atoms with Crippen LogP contribution in [0.5, 0.6) is 0 Å². The molecule has 0 radical (unpaired) electrons. The first-order chi connectivity index (χ1) is 20.7. The number of alkyl halides is 3. The third kappa shape index (κ3) is 6.69. The van der Waals surface area contributed by atoms with Gasteiger partial charge in [0.25, 0.3) is 0 Å². The van der Waals surface area contributed by atoms with Crippen molar-refractivity contribution in [2.75, 3.05) is 31.1 Å². The van der Waals surface area contributed by atoms with Gasteiger partial charge in [0.1, 0.15) is 11.4 Å². The lowest BCUT2D eigenvalue weighted by Gasteiger charge is -2.36. The zero-order chi connectivity index (χ0) is 30.0. The van der Waals surface area contributed by atoms with Crippen molar-refractivity contribution >= 4 is 11.7 Å². The van der Waals surface area contributed by atoms with E-state index in [0.29, 0.717) is 56.4 Å². The average molecular weight is 594 g/mol. The molecule has 1 saturated carbocycles. The number of rotatable bonds is 6. The highest BCUT2D eigenvalue weighted by Crippen LogP contribution is 2.42. The lowest BCUT2D eigenvalue weighted by molar-refractivity contribution is -0.137. The van der Waals surface area contributed by atoms with Crippen LogP contribution in [0.15, 0.2) is 61.2 Å². The van der Waals surface area contributed by atoms with Gasteiger partial charge in [-0.3, -0.25) is 14.8 Å². The van der Waals surface area contributed by atoms with Crippen molar-refractivity contribution in [3.05, 3.63) is 72.4 Å². The van der Waals surface area contributed by atoms with Crippen LogP contribution in [-0.4, -0.2) is 57.0 Å². The minimum absolute atomic E-state index is 0.0949. The molecule has 2 saturated heterocycles. The summed E-state index contributed by atoms with van der Waals surface area (Å²) in [5, 5.41) is 11.4. The van der Waals surface area contributed by atoms with E-state index >= 15 is 0 Å². The number of anilines is 1. The summed E-state index contributed by atoms with van der Waals surface area (Å²) in [5.74, 6) is 1.39. The van der Waals surface area contributed by atoms with Crippen molar-refractivity contribution in [3.8, 4) is 11.1 Å². The Bertz CT molecular complexity index is 1390. The number of pyridine rings is 3. The summed E-state index contributed by atoms with van der Waals surface area (Å²) >= 11 is 0. The van der Waals surface area contributed by atoms with Crippen LogP contribution >= 0.6 is 0 Å². The number of nitrogens with zero attached hydrogens (tertiary/aromatic N) is 5. The van der Waals surface area contributed by atoms with Crippen molar-refractivity contribution in [2.24, 2.45) is 17.8 Å². The summed E-state index contributed by atoms with van der Waals surface area (Å²) in [6, 6.07) is 9.90. The number of hydrogen-bond acceptors (Lipinski definition) is 6. The van der Waals surface area contributed by atoms with Crippen molar-refractivity contribution in [1.29, 1.82) is 0 Å². The van der Waals surface area contributed by atoms with E-state index in [1.165, 1.54) is 6.20 Å². The van der Waals surface area contributed by atoms with Crippen LogP contribution in [0.4, 0.5) is 19.0 Å². The number of carbonyl (C=O) groups excluding carboxylic acids is 1. The zero-order valence-electron chi connectivity index (χ0n) is 24.2. The monoisotopic (exact) mass is 593 g/mol. The number of carbonyl (C=O) groups is 1. The number of piperidine rings is 1. The molecule has 3 fully saturated rings. The third-order valence-electron chi connectivity index (χ3n) is 9.67. The lowest BCUT2D eigenvalue weighted by atomic mass is 9.74. The van der Waals surface area contributed by atoms with Gasteiger partial charge >= 0.3 is 6.18 Å². The van der Waals surface area contributed by atoms with Gasteiger partial charge in [0.05, 0.1) is 11.3 Å². The molecule has 10 heteroatoms.